The zero-order chi connectivity index (χ0) is 24.9. The van der Waals surface area contributed by atoms with E-state index in [1.807, 2.05) is 0 Å². The first-order valence-electron chi connectivity index (χ1n) is 13.2. The highest BCUT2D eigenvalue weighted by Crippen LogP contribution is 2.24. The molecular formula is C28H44N2O4. The van der Waals surface area contributed by atoms with E-state index < -0.39 is 12.0 Å². The summed E-state index contributed by atoms with van der Waals surface area (Å²) in [5, 5.41) is 14.7. The van der Waals surface area contributed by atoms with E-state index in [-0.39, 0.29) is 18.7 Å². The number of carbonyl (C=O) groups excluding carboxylic acids is 1. The fourth-order valence-electron chi connectivity index (χ4n) is 3.91. The van der Waals surface area contributed by atoms with Crippen molar-refractivity contribution < 1.29 is 14.7 Å². The van der Waals surface area contributed by atoms with Gasteiger partial charge < -0.3 is 10.4 Å². The van der Waals surface area contributed by atoms with Crippen molar-refractivity contribution in [3.8, 4) is 0 Å². The summed E-state index contributed by atoms with van der Waals surface area (Å²) in [5.74, 6) is -0.963. The summed E-state index contributed by atoms with van der Waals surface area (Å²) >= 11 is 0. The second-order valence-corrected chi connectivity index (χ2v) is 9.06. The fraction of sp³-hybridized carbons (Fsp3) is 0.643. The highest BCUT2D eigenvalue weighted by Gasteiger charge is 2.14. The number of carboxylic acid groups (broad SMARTS) is 1. The quantitative estimate of drug-likeness (QED) is 0.107. The van der Waals surface area contributed by atoms with Gasteiger partial charge in [-0.1, -0.05) is 87.8 Å². The molecule has 0 bridgehead atoms. The van der Waals surface area contributed by atoms with Gasteiger partial charge in [-0.15, -0.1) is 0 Å². The zero-order valence-corrected chi connectivity index (χ0v) is 21.0. The van der Waals surface area contributed by atoms with Crippen molar-refractivity contribution >= 4 is 17.6 Å². The lowest BCUT2D eigenvalue weighted by molar-refractivity contribution is -0.137. The lowest BCUT2D eigenvalue weighted by atomic mass is 10.0. The Morgan fingerprint density at radius 3 is 1.97 bits per heavy atom. The van der Waals surface area contributed by atoms with E-state index in [1.54, 1.807) is 24.3 Å². The lowest BCUT2D eigenvalue weighted by Gasteiger charge is -2.10. The summed E-state index contributed by atoms with van der Waals surface area (Å²) in [6, 6.07) is 6.20. The van der Waals surface area contributed by atoms with Crippen LogP contribution in [0, 0.1) is 4.91 Å². The first kappa shape index (κ1) is 29.5. The number of carboxylic acids is 1. The number of unbranched alkanes of at least 4 members (excludes halogenated alkanes) is 11. The monoisotopic (exact) mass is 472 g/mol. The first-order chi connectivity index (χ1) is 16.6. The molecule has 0 saturated heterocycles. The molecule has 6 heteroatoms. The van der Waals surface area contributed by atoms with Gasteiger partial charge in [0.1, 0.15) is 6.04 Å². The Morgan fingerprint density at radius 1 is 0.853 bits per heavy atom. The third-order valence-electron chi connectivity index (χ3n) is 6.00. The minimum Gasteiger partial charge on any atom is -0.481 e. The number of hydrogen-bond donors (Lipinski definition) is 2. The van der Waals surface area contributed by atoms with Crippen LogP contribution < -0.4 is 5.32 Å². The molecule has 190 valence electrons. The lowest BCUT2D eigenvalue weighted by Crippen LogP contribution is -2.11. The minimum absolute atomic E-state index is 0.0127. The highest BCUT2D eigenvalue weighted by atomic mass is 16.4. The Bertz CT molecular complexity index is 716. The predicted molar refractivity (Wildman–Crippen MR) is 140 cm³/mol. The molecule has 0 heterocycles. The fourth-order valence-corrected chi connectivity index (χ4v) is 3.91. The Kier molecular flexibility index (Phi) is 17.3. The maximum Gasteiger partial charge on any atom is 0.303 e. The number of anilines is 1. The molecular weight excluding hydrogens is 428 g/mol. The standard InChI is InChI=1S/C28H44N2O4/c1-2-3-4-5-6-7-8-9-10-11-12-13-14-15-16-17-27(31)29-25-20-18-24(19-21-25)26(30-34)22-23-28(32)33/h9-10,18-21,26H,2-8,11-17,22-23H2,1H3,(H,29,31)(H,32,33). The molecule has 0 fully saturated rings. The molecule has 34 heavy (non-hydrogen) atoms. The summed E-state index contributed by atoms with van der Waals surface area (Å²) in [4.78, 5) is 33.8. The number of carbonyl (C=O) groups is 2. The van der Waals surface area contributed by atoms with Crippen LogP contribution in [0.1, 0.15) is 121 Å². The van der Waals surface area contributed by atoms with Gasteiger partial charge in [0.05, 0.1) is 0 Å². The van der Waals surface area contributed by atoms with Crippen molar-refractivity contribution in [3.63, 3.8) is 0 Å². The number of nitrogens with one attached hydrogen (secondary N) is 1. The van der Waals surface area contributed by atoms with Crippen molar-refractivity contribution in [1.29, 1.82) is 0 Å². The van der Waals surface area contributed by atoms with Gasteiger partial charge >= 0.3 is 5.97 Å². The molecule has 1 unspecified atom stereocenters. The van der Waals surface area contributed by atoms with E-state index in [4.69, 9.17) is 5.11 Å². The molecule has 0 saturated carbocycles. The van der Waals surface area contributed by atoms with Crippen LogP contribution in [0.5, 0.6) is 0 Å². The van der Waals surface area contributed by atoms with E-state index in [0.717, 1.165) is 25.7 Å². The summed E-state index contributed by atoms with van der Waals surface area (Å²) in [6.07, 6.45) is 21.2. The highest BCUT2D eigenvalue weighted by molar-refractivity contribution is 5.90. The summed E-state index contributed by atoms with van der Waals surface area (Å²) in [7, 11) is 0. The van der Waals surface area contributed by atoms with Crippen molar-refractivity contribution in [3.05, 3.63) is 46.9 Å². The van der Waals surface area contributed by atoms with E-state index >= 15 is 0 Å². The molecule has 0 aliphatic carbocycles. The van der Waals surface area contributed by atoms with Crippen LogP contribution in [0.4, 0.5) is 5.69 Å². The number of nitroso groups, excluding NO2 is 1. The number of nitrogens with zero attached hydrogens (tertiary/aromatic N) is 1. The topological polar surface area (TPSA) is 95.8 Å². The van der Waals surface area contributed by atoms with Gasteiger partial charge in [-0.3, -0.25) is 9.59 Å². The number of aliphatic carboxylic acids is 1. The summed E-state index contributed by atoms with van der Waals surface area (Å²) in [6.45, 7) is 2.25. The van der Waals surface area contributed by atoms with Gasteiger partial charge in [-0.25, -0.2) is 0 Å². The van der Waals surface area contributed by atoms with Crippen LogP contribution in [-0.2, 0) is 9.59 Å². The maximum atomic E-state index is 12.1. The zero-order valence-electron chi connectivity index (χ0n) is 21.0. The average molecular weight is 473 g/mol. The molecule has 1 aromatic rings. The van der Waals surface area contributed by atoms with Crippen LogP contribution in [0.3, 0.4) is 0 Å². The van der Waals surface area contributed by atoms with Crippen LogP contribution >= 0.6 is 0 Å². The molecule has 1 amide bonds. The van der Waals surface area contributed by atoms with Crippen LogP contribution in [0.15, 0.2) is 41.6 Å². The maximum absolute atomic E-state index is 12.1. The largest absolute Gasteiger partial charge is 0.481 e. The Morgan fingerprint density at radius 2 is 1.41 bits per heavy atom. The molecule has 0 aliphatic heterocycles. The Hall–Kier alpha value is -2.50. The SMILES string of the molecule is CCCCCCCCC=CCCCCCCCC(=O)Nc1ccc(C(CCC(=O)O)N=O)cc1. The second-order valence-electron chi connectivity index (χ2n) is 9.06. The number of rotatable bonds is 21. The van der Waals surface area contributed by atoms with E-state index in [0.29, 0.717) is 17.7 Å². The number of allylic oxidation sites excluding steroid dienone is 2. The van der Waals surface area contributed by atoms with E-state index in [9.17, 15) is 14.5 Å². The predicted octanol–water partition coefficient (Wildman–Crippen LogP) is 8.33. The molecule has 1 atom stereocenters. The van der Waals surface area contributed by atoms with Gasteiger partial charge in [0.15, 0.2) is 0 Å². The summed E-state index contributed by atoms with van der Waals surface area (Å²) in [5.41, 5.74) is 1.33. The minimum atomic E-state index is -0.951. The Labute approximate surface area is 205 Å². The van der Waals surface area contributed by atoms with Crippen LogP contribution in [0.25, 0.3) is 0 Å². The van der Waals surface area contributed by atoms with Crippen LogP contribution in [0.2, 0.25) is 0 Å². The molecule has 1 aromatic carbocycles. The van der Waals surface area contributed by atoms with E-state index in [2.05, 4.69) is 29.6 Å². The Balaban J connectivity index is 2.06. The van der Waals surface area contributed by atoms with Crippen LogP contribution in [-0.4, -0.2) is 17.0 Å². The van der Waals surface area contributed by atoms with Crippen molar-refractivity contribution in [2.24, 2.45) is 5.18 Å². The van der Waals surface area contributed by atoms with Gasteiger partial charge in [0.2, 0.25) is 5.91 Å². The number of amides is 1. The van der Waals surface area contributed by atoms with Crippen molar-refractivity contribution in [1.82, 2.24) is 0 Å². The average Bonchev–Trinajstić information content (AvgIpc) is 2.82. The molecule has 2 N–H and O–H groups in total. The van der Waals surface area contributed by atoms with Crippen molar-refractivity contribution in [2.75, 3.05) is 5.32 Å². The molecule has 0 aliphatic rings. The van der Waals surface area contributed by atoms with Gasteiger partial charge in [0, 0.05) is 18.5 Å². The van der Waals surface area contributed by atoms with Gasteiger partial charge in [-0.2, -0.15) is 4.91 Å². The third kappa shape index (κ3) is 15.4. The normalized spacial score (nSPS) is 12.0. The molecule has 6 nitrogen and oxygen atoms in total. The smallest absolute Gasteiger partial charge is 0.303 e. The van der Waals surface area contributed by atoms with Gasteiger partial charge in [-0.05, 0) is 56.2 Å². The molecule has 0 radical (unpaired) electrons. The molecule has 0 aromatic heterocycles. The van der Waals surface area contributed by atoms with Gasteiger partial charge in [0.25, 0.3) is 0 Å². The number of hydrogen-bond acceptors (Lipinski definition) is 4. The summed E-state index contributed by atoms with van der Waals surface area (Å²) < 4.78 is 0. The molecule has 1 rings (SSSR count). The third-order valence-corrected chi connectivity index (χ3v) is 6.00. The number of benzene rings is 1. The first-order valence-corrected chi connectivity index (χ1v) is 13.2. The van der Waals surface area contributed by atoms with E-state index in [1.165, 1.54) is 57.8 Å². The second kappa shape index (κ2) is 19.9. The molecule has 0 spiro atoms. The van der Waals surface area contributed by atoms with Crippen molar-refractivity contribution in [2.45, 2.75) is 116 Å².